The molecule has 2 heterocycles. The monoisotopic (exact) mass is 358 g/mol. The maximum Gasteiger partial charge on any atom is 0.408 e. The van der Waals surface area contributed by atoms with Crippen LogP contribution in [-0.4, -0.2) is 60.6 Å². The first-order valence-corrected chi connectivity index (χ1v) is 7.87. The Labute approximate surface area is 144 Å². The summed E-state index contributed by atoms with van der Waals surface area (Å²) in [6, 6.07) is 0.960. The molecule has 1 aliphatic heterocycles. The van der Waals surface area contributed by atoms with Gasteiger partial charge in [0.1, 0.15) is 11.9 Å². The summed E-state index contributed by atoms with van der Waals surface area (Å²) < 4.78 is 39.0. The molecule has 2 amide bonds. The molecule has 1 aliphatic rings. The van der Waals surface area contributed by atoms with Crippen LogP contribution in [0.5, 0.6) is 0 Å². The van der Waals surface area contributed by atoms with Crippen molar-refractivity contribution in [2.75, 3.05) is 25.5 Å². The van der Waals surface area contributed by atoms with Gasteiger partial charge in [-0.3, -0.25) is 9.59 Å². The van der Waals surface area contributed by atoms with Gasteiger partial charge in [-0.1, -0.05) is 0 Å². The molecule has 0 aromatic carbocycles. The third kappa shape index (κ3) is 4.61. The zero-order chi connectivity index (χ0) is 18.8. The number of carbonyl (C=O) groups excluding carboxylic acids is 2. The van der Waals surface area contributed by atoms with Crippen LogP contribution in [0.1, 0.15) is 30.1 Å². The number of alkyl halides is 3. The van der Waals surface area contributed by atoms with Crippen molar-refractivity contribution in [1.29, 1.82) is 0 Å². The van der Waals surface area contributed by atoms with Crippen molar-refractivity contribution in [2.24, 2.45) is 0 Å². The van der Waals surface area contributed by atoms with Crippen molar-refractivity contribution in [3.8, 4) is 0 Å². The first-order chi connectivity index (χ1) is 11.6. The molecule has 25 heavy (non-hydrogen) atoms. The number of carbonyl (C=O) groups is 2. The maximum absolute atomic E-state index is 13.0. The first-order valence-electron chi connectivity index (χ1n) is 7.87. The van der Waals surface area contributed by atoms with Gasteiger partial charge in [0, 0.05) is 39.8 Å². The van der Waals surface area contributed by atoms with Gasteiger partial charge in [-0.25, -0.2) is 4.98 Å². The molecule has 0 bridgehead atoms. The number of rotatable bonds is 3. The Morgan fingerprint density at radius 3 is 2.44 bits per heavy atom. The van der Waals surface area contributed by atoms with Gasteiger partial charge >= 0.3 is 6.18 Å². The van der Waals surface area contributed by atoms with E-state index in [9.17, 15) is 22.8 Å². The lowest BCUT2D eigenvalue weighted by Crippen LogP contribution is -2.57. The number of nitrogens with one attached hydrogen (secondary N) is 1. The normalized spacial score (nSPS) is 21.0. The van der Waals surface area contributed by atoms with Crippen LogP contribution >= 0.6 is 0 Å². The molecule has 1 saturated heterocycles. The molecule has 0 saturated carbocycles. The number of anilines is 1. The standard InChI is InChI=1S/C16H21F3N4O2/c1-10(24)23-9-12(5-6-13(23)16(17,18)19)21-15(25)11-4-7-14(20-8-11)22(2)3/h4,7-8,12-13H,5-6,9H2,1-3H3,(H,21,25). The summed E-state index contributed by atoms with van der Waals surface area (Å²) in [5.41, 5.74) is 0.318. The van der Waals surface area contributed by atoms with Crippen LogP contribution in [0.2, 0.25) is 0 Å². The van der Waals surface area contributed by atoms with E-state index in [1.165, 1.54) is 6.20 Å². The van der Waals surface area contributed by atoms with E-state index in [-0.39, 0.29) is 19.4 Å². The zero-order valence-electron chi connectivity index (χ0n) is 14.3. The van der Waals surface area contributed by atoms with Crippen molar-refractivity contribution in [3.05, 3.63) is 23.9 Å². The highest BCUT2D eigenvalue weighted by molar-refractivity contribution is 5.94. The van der Waals surface area contributed by atoms with E-state index in [2.05, 4.69) is 10.3 Å². The van der Waals surface area contributed by atoms with Crippen molar-refractivity contribution in [2.45, 2.75) is 38.0 Å². The van der Waals surface area contributed by atoms with Crippen LogP contribution in [0.15, 0.2) is 18.3 Å². The van der Waals surface area contributed by atoms with Crippen molar-refractivity contribution < 1.29 is 22.8 Å². The minimum absolute atomic E-state index is 0.156. The lowest BCUT2D eigenvalue weighted by molar-refractivity contribution is -0.196. The van der Waals surface area contributed by atoms with Crippen LogP contribution in [-0.2, 0) is 4.79 Å². The molecule has 9 heteroatoms. The summed E-state index contributed by atoms with van der Waals surface area (Å²) in [7, 11) is 3.63. The topological polar surface area (TPSA) is 65.5 Å². The summed E-state index contributed by atoms with van der Waals surface area (Å²) in [6.45, 7) is 0.946. The summed E-state index contributed by atoms with van der Waals surface area (Å²) in [5.74, 6) is -0.389. The maximum atomic E-state index is 13.0. The van der Waals surface area contributed by atoms with Crippen LogP contribution < -0.4 is 10.2 Å². The third-order valence-corrected chi connectivity index (χ3v) is 4.17. The quantitative estimate of drug-likeness (QED) is 0.895. The van der Waals surface area contributed by atoms with Crippen LogP contribution in [0.25, 0.3) is 0 Å². The molecule has 1 aromatic heterocycles. The van der Waals surface area contributed by atoms with Crippen molar-refractivity contribution >= 4 is 17.6 Å². The van der Waals surface area contributed by atoms with Crippen molar-refractivity contribution in [3.63, 3.8) is 0 Å². The molecule has 0 spiro atoms. The predicted octanol–water partition coefficient (Wildman–Crippen LogP) is 1.82. The number of halogens is 3. The average molecular weight is 358 g/mol. The Balaban J connectivity index is 2.03. The summed E-state index contributed by atoms with van der Waals surface area (Å²) in [6.07, 6.45) is -3.13. The summed E-state index contributed by atoms with van der Waals surface area (Å²) in [5, 5.41) is 2.69. The SMILES string of the molecule is CC(=O)N1CC(NC(=O)c2ccc(N(C)C)nc2)CCC1C(F)(F)F. The second-order valence-corrected chi connectivity index (χ2v) is 6.28. The van der Waals surface area contributed by atoms with Gasteiger partial charge in [0.05, 0.1) is 5.56 Å². The largest absolute Gasteiger partial charge is 0.408 e. The highest BCUT2D eigenvalue weighted by Gasteiger charge is 2.47. The van der Waals surface area contributed by atoms with Crippen molar-refractivity contribution in [1.82, 2.24) is 15.2 Å². The highest BCUT2D eigenvalue weighted by atomic mass is 19.4. The Morgan fingerprint density at radius 1 is 1.28 bits per heavy atom. The Hall–Kier alpha value is -2.32. The molecule has 6 nitrogen and oxygen atoms in total. The molecule has 1 fully saturated rings. The molecule has 0 radical (unpaired) electrons. The molecule has 1 N–H and O–H groups in total. The van der Waals surface area contributed by atoms with Crippen LogP contribution in [0, 0.1) is 0 Å². The predicted molar refractivity (Wildman–Crippen MR) is 86.3 cm³/mol. The minimum Gasteiger partial charge on any atom is -0.363 e. The molecule has 1 aromatic rings. The molecule has 2 rings (SSSR count). The van der Waals surface area contributed by atoms with E-state index in [1.807, 2.05) is 14.1 Å². The Bertz CT molecular complexity index is 631. The van der Waals surface area contributed by atoms with Gasteiger partial charge in [-0.05, 0) is 25.0 Å². The van der Waals surface area contributed by atoms with Gasteiger partial charge < -0.3 is 15.1 Å². The van der Waals surface area contributed by atoms with E-state index >= 15 is 0 Å². The lowest BCUT2D eigenvalue weighted by atomic mass is 9.97. The van der Waals surface area contributed by atoms with Gasteiger partial charge in [0.25, 0.3) is 5.91 Å². The Kier molecular flexibility index (Phi) is 5.54. The summed E-state index contributed by atoms with van der Waals surface area (Å²) in [4.78, 5) is 30.5. The number of hydrogen-bond donors (Lipinski definition) is 1. The fraction of sp³-hybridized carbons (Fsp3) is 0.562. The fourth-order valence-electron chi connectivity index (χ4n) is 2.83. The molecular weight excluding hydrogens is 337 g/mol. The molecule has 138 valence electrons. The van der Waals surface area contributed by atoms with E-state index in [0.29, 0.717) is 11.4 Å². The number of likely N-dealkylation sites (tertiary alicyclic amines) is 1. The molecule has 2 unspecified atom stereocenters. The van der Waals surface area contributed by atoms with E-state index in [4.69, 9.17) is 0 Å². The van der Waals surface area contributed by atoms with E-state index < -0.39 is 30.1 Å². The number of aromatic nitrogens is 1. The first kappa shape index (κ1) is 19.0. The number of amides is 2. The molecular formula is C16H21F3N4O2. The fourth-order valence-corrected chi connectivity index (χ4v) is 2.83. The second-order valence-electron chi connectivity index (χ2n) is 6.28. The number of nitrogens with zero attached hydrogens (tertiary/aromatic N) is 3. The van der Waals surface area contributed by atoms with Crippen LogP contribution in [0.3, 0.4) is 0 Å². The Morgan fingerprint density at radius 2 is 1.96 bits per heavy atom. The molecule has 0 aliphatic carbocycles. The number of piperidine rings is 1. The van der Waals surface area contributed by atoms with E-state index in [1.54, 1.807) is 17.0 Å². The van der Waals surface area contributed by atoms with Crippen LogP contribution in [0.4, 0.5) is 19.0 Å². The highest BCUT2D eigenvalue weighted by Crippen LogP contribution is 2.32. The third-order valence-electron chi connectivity index (χ3n) is 4.17. The van der Waals surface area contributed by atoms with Gasteiger partial charge in [-0.2, -0.15) is 13.2 Å². The smallest absolute Gasteiger partial charge is 0.363 e. The van der Waals surface area contributed by atoms with E-state index in [0.717, 1.165) is 11.8 Å². The lowest BCUT2D eigenvalue weighted by Gasteiger charge is -2.40. The van der Waals surface area contributed by atoms with Gasteiger partial charge in [-0.15, -0.1) is 0 Å². The molecule has 2 atom stereocenters. The van der Waals surface area contributed by atoms with Gasteiger partial charge in [0.2, 0.25) is 5.91 Å². The average Bonchev–Trinajstić information content (AvgIpc) is 2.53. The zero-order valence-corrected chi connectivity index (χ0v) is 14.3. The number of hydrogen-bond acceptors (Lipinski definition) is 4. The second kappa shape index (κ2) is 7.28. The summed E-state index contributed by atoms with van der Waals surface area (Å²) >= 11 is 0. The minimum atomic E-state index is -4.47. The van der Waals surface area contributed by atoms with Gasteiger partial charge in [0.15, 0.2) is 0 Å². The number of pyridine rings is 1.